The molecule has 1 aromatic heterocycles. The van der Waals surface area contributed by atoms with Crippen LogP contribution in [0.3, 0.4) is 0 Å². The van der Waals surface area contributed by atoms with Crippen molar-refractivity contribution >= 4 is 23.8 Å². The smallest absolute Gasteiger partial charge is 0.133 e. The minimum Gasteiger partial charge on any atom is -0.496 e. The average Bonchev–Trinajstić information content (AvgIpc) is 2.41. The van der Waals surface area contributed by atoms with Crippen LogP contribution < -0.4 is 4.74 Å². The van der Waals surface area contributed by atoms with Gasteiger partial charge in [-0.1, -0.05) is 37.7 Å². The summed E-state index contributed by atoms with van der Waals surface area (Å²) >= 11 is 11.5. The van der Waals surface area contributed by atoms with Crippen LogP contribution in [-0.2, 0) is 0 Å². The third-order valence-corrected chi connectivity index (χ3v) is 3.78. The Balaban J connectivity index is 2.75. The highest BCUT2D eigenvalue weighted by Crippen LogP contribution is 2.33. The molecule has 0 fully saturated rings. The zero-order valence-corrected chi connectivity index (χ0v) is 13.5. The van der Waals surface area contributed by atoms with E-state index in [1.807, 2.05) is 19.1 Å². The van der Waals surface area contributed by atoms with Crippen molar-refractivity contribution in [2.75, 3.05) is 7.11 Å². The van der Waals surface area contributed by atoms with E-state index in [2.05, 4.69) is 23.8 Å². The van der Waals surface area contributed by atoms with Gasteiger partial charge in [-0.15, -0.1) is 0 Å². The Morgan fingerprint density at radius 2 is 2.05 bits per heavy atom. The number of hydrogen-bond donors (Lipinski definition) is 1. The molecule has 3 nitrogen and oxygen atoms in total. The zero-order valence-electron chi connectivity index (χ0n) is 12.0. The highest BCUT2D eigenvalue weighted by molar-refractivity contribution is 7.71. The number of nitrogens with zero attached hydrogens (tertiary/aromatic N) is 1. The molecule has 2 aromatic rings. The quantitative estimate of drug-likeness (QED) is 0.819. The highest BCUT2D eigenvalue weighted by Gasteiger charge is 2.14. The minimum absolute atomic E-state index is 0.265. The third kappa shape index (κ3) is 2.86. The second-order valence-corrected chi connectivity index (χ2v) is 5.75. The summed E-state index contributed by atoms with van der Waals surface area (Å²) in [6.07, 6.45) is 0. The summed E-state index contributed by atoms with van der Waals surface area (Å²) < 4.78 is 6.02. The lowest BCUT2D eigenvalue weighted by Crippen LogP contribution is -2.03. The molecule has 106 valence electrons. The maximum absolute atomic E-state index is 6.11. The lowest BCUT2D eigenvalue weighted by molar-refractivity contribution is 0.416. The van der Waals surface area contributed by atoms with Gasteiger partial charge in [-0.05, 0) is 25.1 Å². The van der Waals surface area contributed by atoms with Crippen LogP contribution in [0.25, 0.3) is 11.3 Å². The van der Waals surface area contributed by atoms with Crippen molar-refractivity contribution in [2.24, 2.45) is 0 Å². The van der Waals surface area contributed by atoms with E-state index < -0.39 is 0 Å². The number of H-pyrrole nitrogens is 1. The molecule has 1 heterocycles. The van der Waals surface area contributed by atoms with Gasteiger partial charge in [0.25, 0.3) is 0 Å². The van der Waals surface area contributed by atoms with Gasteiger partial charge in [0.05, 0.1) is 12.8 Å². The van der Waals surface area contributed by atoms with Crippen LogP contribution in [0, 0.1) is 11.6 Å². The first kappa shape index (κ1) is 15.0. The fraction of sp³-hybridized carbons (Fsp3) is 0.333. The van der Waals surface area contributed by atoms with Crippen LogP contribution in [0.2, 0.25) is 5.02 Å². The Morgan fingerprint density at radius 3 is 2.65 bits per heavy atom. The molecule has 0 spiro atoms. The van der Waals surface area contributed by atoms with Gasteiger partial charge in [-0.25, -0.2) is 4.98 Å². The van der Waals surface area contributed by atoms with E-state index in [1.54, 1.807) is 13.2 Å². The fourth-order valence-electron chi connectivity index (χ4n) is 1.97. The van der Waals surface area contributed by atoms with Crippen molar-refractivity contribution < 1.29 is 4.74 Å². The van der Waals surface area contributed by atoms with Crippen LogP contribution in [0.4, 0.5) is 0 Å². The van der Waals surface area contributed by atoms with Gasteiger partial charge in [0.2, 0.25) is 0 Å². The Kier molecular flexibility index (Phi) is 4.45. The van der Waals surface area contributed by atoms with E-state index in [1.165, 1.54) is 0 Å². The number of benzene rings is 1. The Bertz CT molecular complexity index is 695. The van der Waals surface area contributed by atoms with Gasteiger partial charge in [0.1, 0.15) is 16.2 Å². The molecule has 0 aliphatic carbocycles. The number of aromatic amines is 1. The first-order valence-corrected chi connectivity index (χ1v) is 7.17. The second-order valence-electron chi connectivity index (χ2n) is 4.93. The van der Waals surface area contributed by atoms with Gasteiger partial charge in [0, 0.05) is 22.1 Å². The summed E-state index contributed by atoms with van der Waals surface area (Å²) in [5.41, 5.74) is 2.73. The molecule has 0 amide bonds. The largest absolute Gasteiger partial charge is 0.496 e. The summed E-state index contributed by atoms with van der Waals surface area (Å²) in [4.78, 5) is 7.78. The molecule has 0 atom stereocenters. The number of nitrogens with one attached hydrogen (secondary N) is 1. The highest BCUT2D eigenvalue weighted by atomic mass is 35.5. The molecule has 0 saturated heterocycles. The van der Waals surface area contributed by atoms with Gasteiger partial charge in [0.15, 0.2) is 0 Å². The summed E-state index contributed by atoms with van der Waals surface area (Å²) in [6.45, 7) is 6.09. The van der Waals surface area contributed by atoms with Crippen LogP contribution >= 0.6 is 23.8 Å². The maximum Gasteiger partial charge on any atom is 0.133 e. The van der Waals surface area contributed by atoms with E-state index >= 15 is 0 Å². The van der Waals surface area contributed by atoms with Gasteiger partial charge in [-0.2, -0.15) is 0 Å². The predicted octanol–water partition coefficient (Wildman–Crippen LogP) is 4.90. The van der Waals surface area contributed by atoms with E-state index in [-0.39, 0.29) is 5.92 Å². The van der Waals surface area contributed by atoms with Crippen molar-refractivity contribution in [1.29, 1.82) is 0 Å². The van der Waals surface area contributed by atoms with Crippen LogP contribution in [0.5, 0.6) is 5.75 Å². The normalized spacial score (nSPS) is 10.9. The van der Waals surface area contributed by atoms with Gasteiger partial charge < -0.3 is 9.72 Å². The number of aromatic nitrogens is 2. The molecule has 0 aliphatic rings. The van der Waals surface area contributed by atoms with Crippen molar-refractivity contribution in [2.45, 2.75) is 26.7 Å². The number of halogens is 1. The fourth-order valence-corrected chi connectivity index (χ4v) is 2.34. The second kappa shape index (κ2) is 5.94. The first-order valence-electron chi connectivity index (χ1n) is 6.38. The molecule has 1 N–H and O–H groups in total. The Labute approximate surface area is 129 Å². The number of ether oxygens (including phenoxy) is 1. The predicted molar refractivity (Wildman–Crippen MR) is 85.2 cm³/mol. The Morgan fingerprint density at radius 1 is 1.35 bits per heavy atom. The molecule has 0 aliphatic heterocycles. The molecule has 20 heavy (non-hydrogen) atoms. The van der Waals surface area contributed by atoms with Gasteiger partial charge >= 0.3 is 0 Å². The molecule has 0 saturated carbocycles. The van der Waals surface area contributed by atoms with Crippen molar-refractivity contribution in [3.63, 3.8) is 0 Å². The number of rotatable bonds is 3. The molecule has 5 heteroatoms. The zero-order chi connectivity index (χ0) is 14.9. The lowest BCUT2D eigenvalue weighted by Gasteiger charge is -2.14. The summed E-state index contributed by atoms with van der Waals surface area (Å²) in [7, 11) is 1.64. The summed E-state index contributed by atoms with van der Waals surface area (Å²) in [6, 6.07) is 5.53. The molecule has 0 bridgehead atoms. The van der Waals surface area contributed by atoms with Crippen molar-refractivity contribution in [3.8, 4) is 17.0 Å². The average molecular weight is 309 g/mol. The Hall–Kier alpha value is -1.39. The molecular weight excluding hydrogens is 292 g/mol. The van der Waals surface area contributed by atoms with E-state index in [0.717, 1.165) is 28.4 Å². The molecule has 0 unspecified atom stereocenters. The molecular formula is C15H17ClN2OS. The first-order chi connectivity index (χ1) is 9.43. The van der Waals surface area contributed by atoms with Gasteiger partial charge in [-0.3, -0.25) is 0 Å². The van der Waals surface area contributed by atoms with Crippen molar-refractivity contribution in [3.05, 3.63) is 39.3 Å². The summed E-state index contributed by atoms with van der Waals surface area (Å²) in [5.74, 6) is 1.88. The summed E-state index contributed by atoms with van der Waals surface area (Å²) in [5, 5.41) is 0.655. The van der Waals surface area contributed by atoms with E-state index in [9.17, 15) is 0 Å². The number of methoxy groups -OCH3 is 1. The molecule has 2 rings (SSSR count). The third-order valence-electron chi connectivity index (χ3n) is 3.15. The van der Waals surface area contributed by atoms with Crippen LogP contribution in [0.15, 0.2) is 18.2 Å². The van der Waals surface area contributed by atoms with Crippen LogP contribution in [-0.4, -0.2) is 17.1 Å². The molecule has 0 radical (unpaired) electrons. The monoisotopic (exact) mass is 308 g/mol. The van der Waals surface area contributed by atoms with E-state index in [4.69, 9.17) is 28.6 Å². The number of hydrogen-bond acceptors (Lipinski definition) is 3. The molecule has 1 aromatic carbocycles. The van der Waals surface area contributed by atoms with Crippen LogP contribution in [0.1, 0.15) is 31.2 Å². The SMILES string of the molecule is COc1ccc(Cl)cc1-c1[nH]c(C(C)C)nc(=S)c1C. The topological polar surface area (TPSA) is 37.9 Å². The standard InChI is InChI=1S/C15H17ClN2OS/c1-8(2)14-17-13(9(3)15(20)18-14)11-7-10(16)5-6-12(11)19-4/h5-8H,1-4H3,(H,17,18,20). The lowest BCUT2D eigenvalue weighted by atomic mass is 10.1. The van der Waals surface area contributed by atoms with Crippen molar-refractivity contribution in [1.82, 2.24) is 9.97 Å². The minimum atomic E-state index is 0.265. The van der Waals surface area contributed by atoms with E-state index in [0.29, 0.717) is 9.66 Å². The maximum atomic E-state index is 6.11.